The lowest BCUT2D eigenvalue weighted by Gasteiger charge is -2.03. The van der Waals surface area contributed by atoms with Crippen molar-refractivity contribution in [1.82, 2.24) is 0 Å². The topological polar surface area (TPSA) is 20.2 Å². The molecule has 0 unspecified atom stereocenters. The largest absolute Gasteiger partial charge is 0.396 e. The second-order valence-corrected chi connectivity index (χ2v) is 4.23. The Kier molecular flexibility index (Phi) is 5.88. The smallest absolute Gasteiger partial charge is 0.0434 e. The van der Waals surface area contributed by atoms with Crippen molar-refractivity contribution in [2.75, 3.05) is 11.9 Å². The van der Waals surface area contributed by atoms with Crippen molar-refractivity contribution in [3.8, 4) is 0 Å². The summed E-state index contributed by atoms with van der Waals surface area (Å²) >= 11 is 3.43. The quantitative estimate of drug-likeness (QED) is 0.777. The van der Waals surface area contributed by atoms with Crippen LogP contribution in [0.2, 0.25) is 0 Å². The van der Waals surface area contributed by atoms with Gasteiger partial charge < -0.3 is 5.11 Å². The third-order valence-corrected chi connectivity index (χ3v) is 2.77. The van der Waals surface area contributed by atoms with Crippen LogP contribution in [-0.2, 0) is 12.8 Å². The first-order chi connectivity index (χ1) is 6.86. The van der Waals surface area contributed by atoms with Gasteiger partial charge in [0, 0.05) is 11.9 Å². The molecule has 0 fully saturated rings. The minimum atomic E-state index is 0.283. The zero-order chi connectivity index (χ0) is 10.2. The van der Waals surface area contributed by atoms with E-state index in [1.54, 1.807) is 0 Å². The summed E-state index contributed by atoms with van der Waals surface area (Å²) in [7, 11) is 0. The minimum absolute atomic E-state index is 0.283. The van der Waals surface area contributed by atoms with Crippen LogP contribution >= 0.6 is 15.9 Å². The Balaban J connectivity index is 2.50. The fourth-order valence-corrected chi connectivity index (χ4v) is 1.78. The van der Waals surface area contributed by atoms with Crippen LogP contribution in [0.3, 0.4) is 0 Å². The van der Waals surface area contributed by atoms with E-state index in [0.29, 0.717) is 0 Å². The zero-order valence-corrected chi connectivity index (χ0v) is 9.96. The van der Waals surface area contributed by atoms with E-state index in [2.05, 4.69) is 40.2 Å². The third kappa shape index (κ3) is 4.25. The Morgan fingerprint density at radius 3 is 2.29 bits per heavy atom. The number of aryl methyl sites for hydroxylation is 2. The van der Waals surface area contributed by atoms with Crippen molar-refractivity contribution in [3.63, 3.8) is 0 Å². The number of alkyl halides is 1. The molecule has 0 aliphatic rings. The molecule has 1 nitrogen and oxygen atoms in total. The van der Waals surface area contributed by atoms with Gasteiger partial charge in [-0.2, -0.15) is 0 Å². The molecule has 0 spiro atoms. The van der Waals surface area contributed by atoms with Crippen molar-refractivity contribution in [3.05, 3.63) is 35.4 Å². The Bertz CT molecular complexity index is 237. The van der Waals surface area contributed by atoms with Crippen LogP contribution in [0.1, 0.15) is 24.0 Å². The van der Waals surface area contributed by atoms with Gasteiger partial charge in [-0.15, -0.1) is 0 Å². The standard InChI is InChI=1S/C12H17BrO/c13-8-2-6-11-4-1-5-12(10-11)7-3-9-14/h1,4-5,10,14H,2-3,6-9H2. The maximum Gasteiger partial charge on any atom is 0.0434 e. The van der Waals surface area contributed by atoms with Crippen LogP contribution < -0.4 is 0 Å². The lowest BCUT2D eigenvalue weighted by Crippen LogP contribution is -1.92. The van der Waals surface area contributed by atoms with Gasteiger partial charge in [-0.3, -0.25) is 0 Å². The maximum absolute atomic E-state index is 8.73. The van der Waals surface area contributed by atoms with Crippen molar-refractivity contribution in [1.29, 1.82) is 0 Å². The Morgan fingerprint density at radius 1 is 1.07 bits per heavy atom. The van der Waals surface area contributed by atoms with Crippen LogP contribution in [0.15, 0.2) is 24.3 Å². The predicted molar refractivity (Wildman–Crippen MR) is 64.0 cm³/mol. The molecule has 78 valence electrons. The number of halogens is 1. The second-order valence-electron chi connectivity index (χ2n) is 3.44. The molecule has 0 aromatic heterocycles. The third-order valence-electron chi connectivity index (χ3n) is 2.21. The second kappa shape index (κ2) is 7.02. The van der Waals surface area contributed by atoms with Gasteiger partial charge in [0.1, 0.15) is 0 Å². The summed E-state index contributed by atoms with van der Waals surface area (Å²) in [6.07, 6.45) is 4.17. The van der Waals surface area contributed by atoms with Gasteiger partial charge in [0.2, 0.25) is 0 Å². The van der Waals surface area contributed by atoms with Gasteiger partial charge in [-0.25, -0.2) is 0 Å². The van der Waals surface area contributed by atoms with Gasteiger partial charge in [0.15, 0.2) is 0 Å². The number of aliphatic hydroxyl groups is 1. The molecule has 0 atom stereocenters. The first-order valence-corrected chi connectivity index (χ1v) is 6.23. The molecule has 0 heterocycles. The highest BCUT2D eigenvalue weighted by Gasteiger charge is 1.96. The summed E-state index contributed by atoms with van der Waals surface area (Å²) in [4.78, 5) is 0. The monoisotopic (exact) mass is 256 g/mol. The first kappa shape index (κ1) is 11.7. The highest BCUT2D eigenvalue weighted by atomic mass is 79.9. The minimum Gasteiger partial charge on any atom is -0.396 e. The zero-order valence-electron chi connectivity index (χ0n) is 8.38. The normalized spacial score (nSPS) is 10.4. The van der Waals surface area contributed by atoms with Crippen molar-refractivity contribution in [2.45, 2.75) is 25.7 Å². The number of hydrogen-bond acceptors (Lipinski definition) is 1. The molecule has 0 saturated carbocycles. The average Bonchev–Trinajstić information content (AvgIpc) is 2.24. The van der Waals surface area contributed by atoms with Crippen LogP contribution in [-0.4, -0.2) is 17.0 Å². The number of benzene rings is 1. The van der Waals surface area contributed by atoms with Gasteiger partial charge in [-0.1, -0.05) is 40.2 Å². The van der Waals surface area contributed by atoms with Crippen LogP contribution in [0.25, 0.3) is 0 Å². The van der Waals surface area contributed by atoms with Gasteiger partial charge >= 0.3 is 0 Å². The fourth-order valence-electron chi connectivity index (χ4n) is 1.49. The highest BCUT2D eigenvalue weighted by molar-refractivity contribution is 9.09. The van der Waals surface area contributed by atoms with E-state index < -0.39 is 0 Å². The molecule has 0 bridgehead atoms. The van der Waals surface area contributed by atoms with Crippen LogP contribution in [0, 0.1) is 0 Å². The summed E-state index contributed by atoms with van der Waals surface area (Å²) in [6, 6.07) is 8.66. The van der Waals surface area contributed by atoms with Crippen molar-refractivity contribution < 1.29 is 5.11 Å². The van der Waals surface area contributed by atoms with Crippen molar-refractivity contribution >= 4 is 15.9 Å². The van der Waals surface area contributed by atoms with E-state index in [1.165, 1.54) is 17.5 Å². The molecule has 1 N–H and O–H groups in total. The number of rotatable bonds is 6. The van der Waals surface area contributed by atoms with E-state index in [0.717, 1.165) is 24.6 Å². The number of aliphatic hydroxyl groups excluding tert-OH is 1. The highest BCUT2D eigenvalue weighted by Crippen LogP contribution is 2.10. The van der Waals surface area contributed by atoms with E-state index in [1.807, 2.05) is 0 Å². The molecule has 1 aromatic carbocycles. The molecular formula is C12H17BrO. The van der Waals surface area contributed by atoms with Gasteiger partial charge in [0.25, 0.3) is 0 Å². The van der Waals surface area contributed by atoms with Crippen LogP contribution in [0.4, 0.5) is 0 Å². The van der Waals surface area contributed by atoms with Crippen molar-refractivity contribution in [2.24, 2.45) is 0 Å². The average molecular weight is 257 g/mol. The van der Waals surface area contributed by atoms with Crippen LogP contribution in [0.5, 0.6) is 0 Å². The fraction of sp³-hybridized carbons (Fsp3) is 0.500. The molecule has 0 saturated heterocycles. The molecular weight excluding hydrogens is 240 g/mol. The Hall–Kier alpha value is -0.340. The SMILES string of the molecule is OCCCc1cccc(CCCBr)c1. The first-order valence-electron chi connectivity index (χ1n) is 5.11. The van der Waals surface area contributed by atoms with E-state index >= 15 is 0 Å². The van der Waals surface area contributed by atoms with Gasteiger partial charge in [0.05, 0.1) is 0 Å². The molecule has 0 amide bonds. The van der Waals surface area contributed by atoms with E-state index in [9.17, 15) is 0 Å². The van der Waals surface area contributed by atoms with E-state index in [-0.39, 0.29) is 6.61 Å². The summed E-state index contributed by atoms with van der Waals surface area (Å²) in [5.41, 5.74) is 2.74. The summed E-state index contributed by atoms with van der Waals surface area (Å²) in [5.74, 6) is 0. The molecule has 0 aliphatic carbocycles. The van der Waals surface area contributed by atoms with Gasteiger partial charge in [-0.05, 0) is 36.8 Å². The maximum atomic E-state index is 8.73. The number of hydrogen-bond donors (Lipinski definition) is 1. The van der Waals surface area contributed by atoms with E-state index in [4.69, 9.17) is 5.11 Å². The molecule has 1 aromatic rings. The summed E-state index contributed by atoms with van der Waals surface area (Å²) in [6.45, 7) is 0.283. The summed E-state index contributed by atoms with van der Waals surface area (Å²) in [5, 5.41) is 9.80. The molecule has 0 radical (unpaired) electrons. The predicted octanol–water partition coefficient (Wildman–Crippen LogP) is 2.94. The Labute approximate surface area is 94.3 Å². The summed E-state index contributed by atoms with van der Waals surface area (Å²) < 4.78 is 0. The lowest BCUT2D eigenvalue weighted by atomic mass is 10.0. The Morgan fingerprint density at radius 2 is 1.71 bits per heavy atom. The molecule has 14 heavy (non-hydrogen) atoms. The molecule has 0 aliphatic heterocycles. The molecule has 2 heteroatoms. The lowest BCUT2D eigenvalue weighted by molar-refractivity contribution is 0.288. The molecule has 1 rings (SSSR count).